The highest BCUT2D eigenvalue weighted by atomic mass is 79.9. The van der Waals surface area contributed by atoms with Gasteiger partial charge in [0.25, 0.3) is 0 Å². The predicted molar refractivity (Wildman–Crippen MR) is 89.2 cm³/mol. The van der Waals surface area contributed by atoms with E-state index < -0.39 is 0 Å². The van der Waals surface area contributed by atoms with Crippen molar-refractivity contribution in [1.29, 1.82) is 0 Å². The van der Waals surface area contributed by atoms with Crippen molar-refractivity contribution >= 4 is 21.8 Å². The molecule has 1 rings (SSSR count). The molecule has 0 radical (unpaired) electrons. The lowest BCUT2D eigenvalue weighted by molar-refractivity contribution is -0.124. The molecule has 0 spiro atoms. The summed E-state index contributed by atoms with van der Waals surface area (Å²) in [6.07, 6.45) is 0.890. The Bertz CT molecular complexity index is 491. The third kappa shape index (κ3) is 5.11. The fourth-order valence-electron chi connectivity index (χ4n) is 2.01. The molecule has 0 aliphatic carbocycles. The molecule has 1 aromatic heterocycles. The Balaban J connectivity index is 2.71. The van der Waals surface area contributed by atoms with Gasteiger partial charge < -0.3 is 10.6 Å². The zero-order chi connectivity index (χ0) is 16.2. The molecule has 1 atom stereocenters. The zero-order valence-corrected chi connectivity index (χ0v) is 15.5. The Labute approximate surface area is 136 Å². The number of hydrogen-bond donors (Lipinski definition) is 2. The Morgan fingerprint density at radius 2 is 2.00 bits per heavy atom. The van der Waals surface area contributed by atoms with Crippen molar-refractivity contribution in [3.05, 3.63) is 15.9 Å². The normalized spacial score (nSPS) is 13.3. The second kappa shape index (κ2) is 7.40. The number of amides is 1. The van der Waals surface area contributed by atoms with Gasteiger partial charge in [0.05, 0.1) is 21.9 Å². The Morgan fingerprint density at radius 3 is 2.48 bits per heavy atom. The van der Waals surface area contributed by atoms with Crippen LogP contribution in [0.1, 0.15) is 52.9 Å². The number of nitrogens with zero attached hydrogens (tertiary/aromatic N) is 2. The van der Waals surface area contributed by atoms with Crippen LogP contribution in [0.15, 0.2) is 4.47 Å². The Hall–Kier alpha value is -0.880. The van der Waals surface area contributed by atoms with Crippen LogP contribution in [-0.4, -0.2) is 27.3 Å². The van der Waals surface area contributed by atoms with E-state index in [2.05, 4.69) is 45.5 Å². The molecule has 0 fully saturated rings. The SMILES string of the molecule is CCc1nn(CC)c(CNC(C)C(=O)NC(C)(C)C)c1Br. The van der Waals surface area contributed by atoms with E-state index in [9.17, 15) is 4.79 Å². The average molecular weight is 359 g/mol. The van der Waals surface area contributed by atoms with E-state index in [1.165, 1.54) is 0 Å². The van der Waals surface area contributed by atoms with Crippen LogP contribution in [0, 0.1) is 0 Å². The van der Waals surface area contributed by atoms with Gasteiger partial charge >= 0.3 is 0 Å². The number of nitrogens with one attached hydrogen (secondary N) is 2. The number of hydrogen-bond acceptors (Lipinski definition) is 3. The first kappa shape index (κ1) is 18.2. The molecule has 0 aromatic carbocycles. The summed E-state index contributed by atoms with van der Waals surface area (Å²) in [5.41, 5.74) is 1.93. The van der Waals surface area contributed by atoms with Crippen molar-refractivity contribution in [2.75, 3.05) is 0 Å². The van der Waals surface area contributed by atoms with Gasteiger partial charge in [-0.3, -0.25) is 9.48 Å². The van der Waals surface area contributed by atoms with Crippen molar-refractivity contribution in [2.45, 2.75) is 72.6 Å². The molecule has 1 amide bonds. The van der Waals surface area contributed by atoms with E-state index in [0.717, 1.165) is 28.8 Å². The number of aromatic nitrogens is 2. The van der Waals surface area contributed by atoms with Crippen molar-refractivity contribution in [3.63, 3.8) is 0 Å². The van der Waals surface area contributed by atoms with Gasteiger partial charge in [-0.05, 0) is 57.0 Å². The van der Waals surface area contributed by atoms with Crippen LogP contribution in [0.25, 0.3) is 0 Å². The van der Waals surface area contributed by atoms with E-state index in [4.69, 9.17) is 0 Å². The van der Waals surface area contributed by atoms with Crippen molar-refractivity contribution in [3.8, 4) is 0 Å². The summed E-state index contributed by atoms with van der Waals surface area (Å²) in [7, 11) is 0. The molecule has 0 bridgehead atoms. The minimum absolute atomic E-state index is 0.0110. The molecule has 0 saturated carbocycles. The maximum absolute atomic E-state index is 12.1. The molecule has 0 saturated heterocycles. The monoisotopic (exact) mass is 358 g/mol. The minimum Gasteiger partial charge on any atom is -0.350 e. The molecule has 1 aromatic rings. The van der Waals surface area contributed by atoms with Crippen LogP contribution < -0.4 is 10.6 Å². The molecular formula is C15H27BrN4O. The third-order valence-corrected chi connectivity index (χ3v) is 4.08. The minimum atomic E-state index is -0.249. The van der Waals surface area contributed by atoms with Crippen LogP contribution in [0.4, 0.5) is 0 Å². The van der Waals surface area contributed by atoms with Crippen LogP contribution in [-0.2, 0) is 24.3 Å². The van der Waals surface area contributed by atoms with Gasteiger partial charge in [-0.2, -0.15) is 5.10 Å². The fraction of sp³-hybridized carbons (Fsp3) is 0.733. The molecule has 0 aliphatic heterocycles. The first-order chi connectivity index (χ1) is 9.69. The van der Waals surface area contributed by atoms with Crippen molar-refractivity contribution < 1.29 is 4.79 Å². The highest BCUT2D eigenvalue weighted by molar-refractivity contribution is 9.10. The average Bonchev–Trinajstić information content (AvgIpc) is 2.69. The maximum Gasteiger partial charge on any atom is 0.237 e. The molecule has 1 heterocycles. The molecule has 5 nitrogen and oxygen atoms in total. The summed E-state index contributed by atoms with van der Waals surface area (Å²) in [6.45, 7) is 13.4. The second-order valence-electron chi connectivity index (χ2n) is 6.22. The van der Waals surface area contributed by atoms with Gasteiger partial charge in [0.1, 0.15) is 0 Å². The zero-order valence-electron chi connectivity index (χ0n) is 13.9. The lowest BCUT2D eigenvalue weighted by Crippen LogP contribution is -2.49. The van der Waals surface area contributed by atoms with E-state index in [-0.39, 0.29) is 17.5 Å². The number of rotatable bonds is 6. The fourth-order valence-corrected chi connectivity index (χ4v) is 2.71. The van der Waals surface area contributed by atoms with E-state index in [1.54, 1.807) is 0 Å². The standard InChI is InChI=1S/C15H27BrN4O/c1-7-11-13(16)12(20(8-2)19-11)9-17-10(3)14(21)18-15(4,5)6/h10,17H,7-9H2,1-6H3,(H,18,21). The van der Waals surface area contributed by atoms with E-state index in [1.807, 2.05) is 32.4 Å². The summed E-state index contributed by atoms with van der Waals surface area (Å²) in [5.74, 6) is 0.0110. The summed E-state index contributed by atoms with van der Waals surface area (Å²) >= 11 is 3.62. The molecule has 6 heteroatoms. The number of aryl methyl sites for hydroxylation is 2. The summed E-state index contributed by atoms with van der Waals surface area (Å²) in [6, 6.07) is -0.249. The molecular weight excluding hydrogens is 332 g/mol. The van der Waals surface area contributed by atoms with E-state index >= 15 is 0 Å². The largest absolute Gasteiger partial charge is 0.350 e. The van der Waals surface area contributed by atoms with Crippen LogP contribution >= 0.6 is 15.9 Å². The highest BCUT2D eigenvalue weighted by Crippen LogP contribution is 2.22. The smallest absolute Gasteiger partial charge is 0.237 e. The number of carbonyl (C=O) groups is 1. The number of halogens is 1. The highest BCUT2D eigenvalue weighted by Gasteiger charge is 2.20. The van der Waals surface area contributed by atoms with Crippen LogP contribution in [0.2, 0.25) is 0 Å². The van der Waals surface area contributed by atoms with Gasteiger partial charge in [-0.1, -0.05) is 6.92 Å². The van der Waals surface area contributed by atoms with Crippen LogP contribution in [0.3, 0.4) is 0 Å². The van der Waals surface area contributed by atoms with Gasteiger partial charge in [-0.15, -0.1) is 0 Å². The lowest BCUT2D eigenvalue weighted by atomic mass is 10.1. The number of carbonyl (C=O) groups excluding carboxylic acids is 1. The summed E-state index contributed by atoms with van der Waals surface area (Å²) in [4.78, 5) is 12.1. The van der Waals surface area contributed by atoms with Crippen molar-refractivity contribution in [2.24, 2.45) is 0 Å². The molecule has 21 heavy (non-hydrogen) atoms. The van der Waals surface area contributed by atoms with Crippen molar-refractivity contribution in [1.82, 2.24) is 20.4 Å². The third-order valence-electron chi connectivity index (χ3n) is 3.16. The lowest BCUT2D eigenvalue weighted by Gasteiger charge is -2.23. The van der Waals surface area contributed by atoms with Gasteiger partial charge in [-0.25, -0.2) is 0 Å². The van der Waals surface area contributed by atoms with Gasteiger partial charge in [0.15, 0.2) is 0 Å². The molecule has 0 aliphatic rings. The summed E-state index contributed by atoms with van der Waals surface area (Å²) < 4.78 is 3.02. The predicted octanol–water partition coefficient (Wildman–Crippen LogP) is 2.62. The Kier molecular flexibility index (Phi) is 6.41. The maximum atomic E-state index is 12.1. The molecule has 1 unspecified atom stereocenters. The summed E-state index contributed by atoms with van der Waals surface area (Å²) in [5, 5.41) is 10.8. The topological polar surface area (TPSA) is 59.0 Å². The Morgan fingerprint density at radius 1 is 1.38 bits per heavy atom. The molecule has 2 N–H and O–H groups in total. The quantitative estimate of drug-likeness (QED) is 0.821. The van der Waals surface area contributed by atoms with E-state index in [0.29, 0.717) is 6.54 Å². The van der Waals surface area contributed by atoms with Gasteiger partial charge in [0, 0.05) is 18.6 Å². The second-order valence-corrected chi connectivity index (χ2v) is 7.01. The first-order valence-corrected chi connectivity index (χ1v) is 8.28. The van der Waals surface area contributed by atoms with Gasteiger partial charge in [0.2, 0.25) is 5.91 Å². The first-order valence-electron chi connectivity index (χ1n) is 7.49. The van der Waals surface area contributed by atoms with Crippen LogP contribution in [0.5, 0.6) is 0 Å². The molecule has 120 valence electrons.